The second-order valence-electron chi connectivity index (χ2n) is 6.19. The molecular formula is C21H14ClNO4S. The van der Waals surface area contributed by atoms with Crippen molar-refractivity contribution in [2.24, 2.45) is 4.99 Å². The van der Waals surface area contributed by atoms with Gasteiger partial charge in [0.2, 0.25) is 5.90 Å². The lowest BCUT2D eigenvalue weighted by atomic mass is 10.1. The Kier molecular flexibility index (Phi) is 4.75. The van der Waals surface area contributed by atoms with Gasteiger partial charge in [-0.1, -0.05) is 35.9 Å². The maximum Gasteiger partial charge on any atom is 0.363 e. The van der Waals surface area contributed by atoms with Crippen LogP contribution >= 0.6 is 22.9 Å². The van der Waals surface area contributed by atoms with Gasteiger partial charge in [0.25, 0.3) is 0 Å². The number of carbonyl (C=O) groups is 2. The number of carbonyl (C=O) groups excluding carboxylic acids is 2. The van der Waals surface area contributed by atoms with E-state index < -0.39 is 11.9 Å². The van der Waals surface area contributed by atoms with Crippen molar-refractivity contribution in [1.82, 2.24) is 0 Å². The van der Waals surface area contributed by atoms with Crippen LogP contribution in [0.3, 0.4) is 0 Å². The van der Waals surface area contributed by atoms with Crippen molar-refractivity contribution in [3.05, 3.63) is 74.8 Å². The molecule has 0 radical (unpaired) electrons. The Labute approximate surface area is 169 Å². The summed E-state index contributed by atoms with van der Waals surface area (Å²) in [6, 6.07) is 12.6. The van der Waals surface area contributed by atoms with E-state index in [1.165, 1.54) is 18.4 Å². The number of aliphatic imine (C=N–C) groups is 1. The first kappa shape index (κ1) is 18.4. The molecule has 0 unspecified atom stereocenters. The molecular weight excluding hydrogens is 398 g/mol. The molecule has 5 nitrogen and oxygen atoms in total. The molecule has 2 aromatic carbocycles. The highest BCUT2D eigenvalue weighted by Crippen LogP contribution is 2.37. The van der Waals surface area contributed by atoms with E-state index in [9.17, 15) is 9.59 Å². The zero-order chi connectivity index (χ0) is 19.8. The molecule has 28 heavy (non-hydrogen) atoms. The van der Waals surface area contributed by atoms with E-state index in [1.54, 1.807) is 30.3 Å². The highest BCUT2D eigenvalue weighted by molar-refractivity contribution is 7.21. The van der Waals surface area contributed by atoms with Gasteiger partial charge < -0.3 is 9.47 Å². The molecule has 0 bridgehead atoms. The molecule has 0 aliphatic carbocycles. The zero-order valence-corrected chi connectivity index (χ0v) is 16.6. The van der Waals surface area contributed by atoms with Crippen LogP contribution in [0.4, 0.5) is 0 Å². The number of ether oxygens (including phenoxy) is 2. The average molecular weight is 412 g/mol. The normalized spacial score (nSPS) is 15.0. The van der Waals surface area contributed by atoms with E-state index in [-0.39, 0.29) is 11.6 Å². The number of fused-ring (bicyclic) bond motifs is 1. The van der Waals surface area contributed by atoms with Gasteiger partial charge in [0.15, 0.2) is 5.70 Å². The van der Waals surface area contributed by atoms with Gasteiger partial charge >= 0.3 is 11.9 Å². The average Bonchev–Trinajstić information content (AvgIpc) is 3.21. The third-order valence-corrected chi connectivity index (χ3v) is 5.88. The number of esters is 2. The number of hydrogen-bond acceptors (Lipinski definition) is 6. The molecule has 1 aliphatic rings. The zero-order valence-electron chi connectivity index (χ0n) is 15.0. The fraction of sp³-hybridized carbons (Fsp3) is 0.0952. The molecule has 7 heteroatoms. The van der Waals surface area contributed by atoms with Crippen LogP contribution in [0.5, 0.6) is 0 Å². The molecule has 1 aromatic heterocycles. The number of hydrogen-bond donors (Lipinski definition) is 0. The maximum atomic E-state index is 12.2. The maximum absolute atomic E-state index is 12.2. The SMILES string of the molecule is COC(=O)c1ccc(/C=C2\N=C(c3sc4cc(C)ccc4c3Cl)OC2=O)cc1. The summed E-state index contributed by atoms with van der Waals surface area (Å²) in [5.74, 6) is -0.766. The van der Waals surface area contributed by atoms with Crippen molar-refractivity contribution in [1.29, 1.82) is 0 Å². The molecule has 0 atom stereocenters. The largest absolute Gasteiger partial charge is 0.465 e. The number of halogens is 1. The van der Waals surface area contributed by atoms with Crippen LogP contribution in [0.15, 0.2) is 53.2 Å². The molecule has 0 saturated heterocycles. The molecule has 1 aliphatic heterocycles. The fourth-order valence-corrected chi connectivity index (χ4v) is 4.34. The van der Waals surface area contributed by atoms with Crippen molar-refractivity contribution in [3.63, 3.8) is 0 Å². The predicted molar refractivity (Wildman–Crippen MR) is 110 cm³/mol. The Bertz CT molecular complexity index is 1180. The van der Waals surface area contributed by atoms with Gasteiger partial charge in [0.05, 0.1) is 17.7 Å². The molecule has 3 aromatic rings. The minimum atomic E-state index is -0.545. The van der Waals surface area contributed by atoms with E-state index >= 15 is 0 Å². The summed E-state index contributed by atoms with van der Waals surface area (Å²) in [4.78, 5) is 28.7. The van der Waals surface area contributed by atoms with Crippen LogP contribution in [-0.4, -0.2) is 24.9 Å². The highest BCUT2D eigenvalue weighted by atomic mass is 35.5. The van der Waals surface area contributed by atoms with Crippen LogP contribution in [0.2, 0.25) is 5.02 Å². The Morgan fingerprint density at radius 3 is 2.68 bits per heavy atom. The van der Waals surface area contributed by atoms with Crippen molar-refractivity contribution < 1.29 is 19.1 Å². The summed E-state index contributed by atoms with van der Waals surface area (Å²) in [6.07, 6.45) is 1.60. The van der Waals surface area contributed by atoms with Gasteiger partial charge in [0, 0.05) is 10.1 Å². The summed E-state index contributed by atoms with van der Waals surface area (Å²) in [6.45, 7) is 2.01. The third-order valence-electron chi connectivity index (χ3n) is 4.23. The topological polar surface area (TPSA) is 65.0 Å². The standard InChI is InChI=1S/C21H14ClNO4S/c1-11-3-8-14-16(9-11)28-18(17(14)22)19-23-15(21(25)27-19)10-12-4-6-13(7-5-12)20(24)26-2/h3-10H,1-2H3/b15-10-. The van der Waals surface area contributed by atoms with E-state index in [4.69, 9.17) is 16.3 Å². The van der Waals surface area contributed by atoms with Gasteiger partial charge in [-0.15, -0.1) is 11.3 Å². The third kappa shape index (κ3) is 3.32. The quantitative estimate of drug-likeness (QED) is 0.449. The summed E-state index contributed by atoms with van der Waals surface area (Å²) < 4.78 is 11.0. The van der Waals surface area contributed by atoms with Crippen LogP contribution in [-0.2, 0) is 14.3 Å². The molecule has 0 spiro atoms. The number of cyclic esters (lactones) is 1. The van der Waals surface area contributed by atoms with Crippen LogP contribution in [0, 0.1) is 6.92 Å². The van der Waals surface area contributed by atoms with Crippen LogP contribution in [0.25, 0.3) is 16.2 Å². The van der Waals surface area contributed by atoms with E-state index in [0.29, 0.717) is 21.0 Å². The Hall–Kier alpha value is -2.96. The first-order valence-corrected chi connectivity index (χ1v) is 9.55. The summed E-state index contributed by atoms with van der Waals surface area (Å²) in [5.41, 5.74) is 2.43. The van der Waals surface area contributed by atoms with Gasteiger partial charge in [0.1, 0.15) is 4.88 Å². The molecule has 4 rings (SSSR count). The van der Waals surface area contributed by atoms with E-state index in [2.05, 4.69) is 9.73 Å². The number of methoxy groups -OCH3 is 1. The van der Waals surface area contributed by atoms with Gasteiger partial charge in [-0.2, -0.15) is 0 Å². The van der Waals surface area contributed by atoms with Crippen molar-refractivity contribution in [3.8, 4) is 0 Å². The summed E-state index contributed by atoms with van der Waals surface area (Å²) in [5, 5.41) is 1.43. The van der Waals surface area contributed by atoms with Crippen LogP contribution in [0.1, 0.15) is 26.4 Å². The first-order chi connectivity index (χ1) is 13.5. The second-order valence-corrected chi connectivity index (χ2v) is 7.62. The van der Waals surface area contributed by atoms with Gasteiger partial charge in [-0.3, -0.25) is 0 Å². The highest BCUT2D eigenvalue weighted by Gasteiger charge is 2.28. The molecule has 0 saturated carbocycles. The number of rotatable bonds is 3. The second kappa shape index (κ2) is 7.22. The smallest absolute Gasteiger partial charge is 0.363 e. The number of thiophene rings is 1. The monoisotopic (exact) mass is 411 g/mol. The van der Waals surface area contributed by atoms with Crippen molar-refractivity contribution >= 4 is 56.9 Å². The van der Waals surface area contributed by atoms with Crippen molar-refractivity contribution in [2.45, 2.75) is 6.92 Å². The Morgan fingerprint density at radius 2 is 1.96 bits per heavy atom. The lowest BCUT2D eigenvalue weighted by molar-refractivity contribution is -0.129. The Morgan fingerprint density at radius 1 is 1.21 bits per heavy atom. The Balaban J connectivity index is 1.68. The molecule has 0 amide bonds. The minimum absolute atomic E-state index is 0.172. The minimum Gasteiger partial charge on any atom is -0.465 e. The lowest BCUT2D eigenvalue weighted by Crippen LogP contribution is -2.04. The number of aryl methyl sites for hydroxylation is 1. The van der Waals surface area contributed by atoms with E-state index in [1.807, 2.05) is 25.1 Å². The predicted octanol–water partition coefficient (Wildman–Crippen LogP) is 4.99. The lowest BCUT2D eigenvalue weighted by Gasteiger charge is -1.99. The van der Waals surface area contributed by atoms with Gasteiger partial charge in [-0.05, 0) is 42.3 Å². The number of benzene rings is 2. The summed E-state index contributed by atoms with van der Waals surface area (Å²) >= 11 is 7.92. The fourth-order valence-electron chi connectivity index (χ4n) is 2.81. The molecule has 0 N–H and O–H groups in total. The number of nitrogens with zero attached hydrogens (tertiary/aromatic N) is 1. The van der Waals surface area contributed by atoms with Crippen LogP contribution < -0.4 is 0 Å². The molecule has 140 valence electrons. The van der Waals surface area contributed by atoms with Gasteiger partial charge in [-0.25, -0.2) is 14.6 Å². The van der Waals surface area contributed by atoms with Crippen molar-refractivity contribution in [2.75, 3.05) is 7.11 Å². The molecule has 2 heterocycles. The molecule has 0 fully saturated rings. The first-order valence-electron chi connectivity index (χ1n) is 8.36. The summed E-state index contributed by atoms with van der Waals surface area (Å²) in [7, 11) is 1.32. The van der Waals surface area contributed by atoms with E-state index in [0.717, 1.165) is 15.6 Å².